The summed E-state index contributed by atoms with van der Waals surface area (Å²) in [6.07, 6.45) is 40.3. The molecule has 0 saturated heterocycles. The highest BCUT2D eigenvalue weighted by atomic mass is 16.5. The van der Waals surface area contributed by atoms with Crippen LogP contribution in [0, 0.1) is 0 Å². The van der Waals surface area contributed by atoms with E-state index in [0.29, 0.717) is 12.8 Å². The van der Waals surface area contributed by atoms with Crippen LogP contribution in [0.4, 0.5) is 0 Å². The number of hydrogen-bond donors (Lipinski definition) is 3. The number of aliphatic hydroxyl groups excluding tert-OH is 2. The number of allylic oxidation sites excluding steroid dienone is 2. The maximum atomic E-state index is 11.4. The maximum absolute atomic E-state index is 11.4. The van der Waals surface area contributed by atoms with E-state index in [9.17, 15) is 9.59 Å². The Morgan fingerprint density at radius 3 is 1.22 bits per heavy atom. The Morgan fingerprint density at radius 2 is 0.867 bits per heavy atom. The van der Waals surface area contributed by atoms with Crippen molar-refractivity contribution in [3.8, 4) is 0 Å². The number of carbonyl (C=O) groups is 2. The van der Waals surface area contributed by atoms with Gasteiger partial charge >= 0.3 is 11.9 Å². The second-order valence-electron chi connectivity index (χ2n) is 12.9. The summed E-state index contributed by atoms with van der Waals surface area (Å²) < 4.78 is 4.86. The van der Waals surface area contributed by atoms with Gasteiger partial charge in [-0.05, 0) is 38.5 Å². The van der Waals surface area contributed by atoms with Gasteiger partial charge in [0, 0.05) is 12.8 Å². The number of hydrogen-bond acceptors (Lipinski definition) is 5. The SMILES string of the molecule is CCCCCCCCC=CCCCCCCCC(=O)OCC(O)CO.CCCCCCCCCCCCCCCCCC(=O)O. The van der Waals surface area contributed by atoms with Crippen molar-refractivity contribution in [2.24, 2.45) is 0 Å². The number of aliphatic carboxylic acids is 1. The van der Waals surface area contributed by atoms with Crippen molar-refractivity contribution in [1.29, 1.82) is 0 Å². The highest BCUT2D eigenvalue weighted by Crippen LogP contribution is 2.14. The predicted octanol–water partition coefficient (Wildman–Crippen LogP) is 11.3. The lowest BCUT2D eigenvalue weighted by Crippen LogP contribution is -2.21. The molecule has 0 aromatic heterocycles. The summed E-state index contributed by atoms with van der Waals surface area (Å²) in [5, 5.41) is 26.2. The van der Waals surface area contributed by atoms with E-state index in [1.54, 1.807) is 0 Å². The third-order valence-corrected chi connectivity index (χ3v) is 8.28. The van der Waals surface area contributed by atoms with Gasteiger partial charge in [-0.3, -0.25) is 9.59 Å². The number of carbonyl (C=O) groups excluding carboxylic acids is 1. The number of ether oxygens (including phenoxy) is 1. The molecule has 0 spiro atoms. The molecule has 0 rings (SSSR count). The molecule has 268 valence electrons. The van der Waals surface area contributed by atoms with Crippen LogP contribution >= 0.6 is 0 Å². The van der Waals surface area contributed by atoms with Crippen molar-refractivity contribution in [3.63, 3.8) is 0 Å². The van der Waals surface area contributed by atoms with Crippen molar-refractivity contribution in [1.82, 2.24) is 0 Å². The molecule has 0 aliphatic carbocycles. The van der Waals surface area contributed by atoms with Gasteiger partial charge in [0.05, 0.1) is 6.61 Å². The first-order valence-corrected chi connectivity index (χ1v) is 19.3. The third-order valence-electron chi connectivity index (χ3n) is 8.28. The summed E-state index contributed by atoms with van der Waals surface area (Å²) in [6, 6.07) is 0. The number of aliphatic hydroxyl groups is 2. The van der Waals surface area contributed by atoms with Crippen molar-refractivity contribution < 1.29 is 29.6 Å². The molecule has 0 aromatic carbocycles. The normalized spacial score (nSPS) is 11.8. The van der Waals surface area contributed by atoms with E-state index in [1.165, 1.54) is 141 Å². The van der Waals surface area contributed by atoms with Gasteiger partial charge in [0.25, 0.3) is 0 Å². The minimum Gasteiger partial charge on any atom is -0.481 e. The summed E-state index contributed by atoms with van der Waals surface area (Å²) in [5.41, 5.74) is 0. The first-order chi connectivity index (χ1) is 22.0. The van der Waals surface area contributed by atoms with Gasteiger partial charge in [-0.25, -0.2) is 0 Å². The molecular weight excluding hydrogens is 564 g/mol. The van der Waals surface area contributed by atoms with E-state index in [1.807, 2.05) is 0 Å². The lowest BCUT2D eigenvalue weighted by atomic mass is 10.0. The fraction of sp³-hybridized carbons (Fsp3) is 0.897. The quantitative estimate of drug-likeness (QED) is 0.0367. The van der Waals surface area contributed by atoms with Gasteiger partial charge in [-0.15, -0.1) is 0 Å². The number of carboxylic acid groups (broad SMARTS) is 1. The van der Waals surface area contributed by atoms with Gasteiger partial charge in [-0.1, -0.05) is 167 Å². The molecule has 1 unspecified atom stereocenters. The van der Waals surface area contributed by atoms with Gasteiger partial charge in [-0.2, -0.15) is 0 Å². The molecule has 0 bridgehead atoms. The molecule has 6 heteroatoms. The van der Waals surface area contributed by atoms with Gasteiger partial charge in [0.15, 0.2) is 0 Å². The fourth-order valence-corrected chi connectivity index (χ4v) is 5.30. The average Bonchev–Trinajstić information content (AvgIpc) is 3.03. The molecule has 0 saturated carbocycles. The highest BCUT2D eigenvalue weighted by Gasteiger charge is 2.07. The largest absolute Gasteiger partial charge is 0.481 e. The highest BCUT2D eigenvalue weighted by molar-refractivity contribution is 5.69. The van der Waals surface area contributed by atoms with Crippen molar-refractivity contribution in [2.45, 2.75) is 213 Å². The topological polar surface area (TPSA) is 104 Å². The first-order valence-electron chi connectivity index (χ1n) is 19.3. The predicted molar refractivity (Wildman–Crippen MR) is 191 cm³/mol. The zero-order valence-electron chi connectivity index (χ0n) is 29.9. The molecule has 0 fully saturated rings. The summed E-state index contributed by atoms with van der Waals surface area (Å²) in [6.45, 7) is 4.04. The lowest BCUT2D eigenvalue weighted by Gasteiger charge is -2.08. The molecule has 45 heavy (non-hydrogen) atoms. The molecule has 0 amide bonds. The molecule has 6 nitrogen and oxygen atoms in total. The van der Waals surface area contributed by atoms with E-state index in [4.69, 9.17) is 20.1 Å². The van der Waals surface area contributed by atoms with E-state index < -0.39 is 12.1 Å². The van der Waals surface area contributed by atoms with E-state index >= 15 is 0 Å². The van der Waals surface area contributed by atoms with Crippen LogP contribution < -0.4 is 0 Å². The second-order valence-corrected chi connectivity index (χ2v) is 12.9. The van der Waals surface area contributed by atoms with Gasteiger partial charge in [0.2, 0.25) is 0 Å². The van der Waals surface area contributed by atoms with Crippen LogP contribution in [0.15, 0.2) is 12.2 Å². The summed E-state index contributed by atoms with van der Waals surface area (Å²) >= 11 is 0. The van der Waals surface area contributed by atoms with Crippen LogP contribution in [-0.2, 0) is 14.3 Å². The Hall–Kier alpha value is -1.40. The van der Waals surface area contributed by atoms with Crippen LogP contribution in [-0.4, -0.2) is 46.6 Å². The third kappa shape index (κ3) is 44.8. The van der Waals surface area contributed by atoms with Crippen LogP contribution in [0.3, 0.4) is 0 Å². The smallest absolute Gasteiger partial charge is 0.305 e. The summed E-state index contributed by atoms with van der Waals surface area (Å²) in [7, 11) is 0. The van der Waals surface area contributed by atoms with E-state index in [2.05, 4.69) is 26.0 Å². The van der Waals surface area contributed by atoms with Crippen LogP contribution in [0.1, 0.15) is 206 Å². The zero-order valence-corrected chi connectivity index (χ0v) is 29.9. The van der Waals surface area contributed by atoms with Crippen molar-refractivity contribution in [3.05, 3.63) is 12.2 Å². The standard InChI is InChI=1S/C21H40O4.C18H36O2/c1-2-3-4-5-6-7-8-9-10-11-12-13-14-15-16-17-21(24)25-19-20(23)18-22;1-2-3-4-5-6-7-8-9-10-11-12-13-14-15-16-17-18(19)20/h9-10,20,22-23H,2-8,11-19H2,1H3;2-17H2,1H3,(H,19,20). The number of carboxylic acids is 1. The van der Waals surface area contributed by atoms with Crippen LogP contribution in [0.25, 0.3) is 0 Å². The molecule has 0 aliphatic rings. The van der Waals surface area contributed by atoms with Crippen molar-refractivity contribution in [2.75, 3.05) is 13.2 Å². The molecule has 0 radical (unpaired) electrons. The Labute approximate surface area is 279 Å². The van der Waals surface area contributed by atoms with Crippen LogP contribution in [0.5, 0.6) is 0 Å². The van der Waals surface area contributed by atoms with Crippen LogP contribution in [0.2, 0.25) is 0 Å². The lowest BCUT2D eigenvalue weighted by molar-refractivity contribution is -0.147. The summed E-state index contributed by atoms with van der Waals surface area (Å²) in [5.74, 6) is -0.940. The Bertz CT molecular complexity index is 621. The maximum Gasteiger partial charge on any atom is 0.305 e. The molecule has 3 N–H and O–H groups in total. The van der Waals surface area contributed by atoms with E-state index in [-0.39, 0.29) is 19.2 Å². The van der Waals surface area contributed by atoms with E-state index in [0.717, 1.165) is 38.5 Å². The Balaban J connectivity index is 0. The Morgan fingerprint density at radius 1 is 0.533 bits per heavy atom. The number of esters is 1. The molecule has 0 aromatic rings. The second kappa shape index (κ2) is 40.6. The first kappa shape index (κ1) is 45.7. The molecule has 0 aliphatic heterocycles. The molecule has 1 atom stereocenters. The number of unbranched alkanes of at least 4 members (excludes halogenated alkanes) is 25. The molecule has 0 heterocycles. The average molecular weight is 641 g/mol. The number of rotatable bonds is 34. The molecular formula is C39H76O6. The monoisotopic (exact) mass is 641 g/mol. The van der Waals surface area contributed by atoms with Gasteiger partial charge in [0.1, 0.15) is 12.7 Å². The zero-order chi connectivity index (χ0) is 33.5. The minimum absolute atomic E-state index is 0.111. The van der Waals surface area contributed by atoms with Crippen molar-refractivity contribution >= 4 is 11.9 Å². The fourth-order valence-electron chi connectivity index (χ4n) is 5.30. The Kier molecular flexibility index (Phi) is 41.3. The van der Waals surface area contributed by atoms with Gasteiger partial charge < -0.3 is 20.1 Å². The minimum atomic E-state index is -0.960. The summed E-state index contributed by atoms with van der Waals surface area (Å²) in [4.78, 5) is 21.7.